The maximum atomic E-state index is 11.6. The van der Waals surface area contributed by atoms with E-state index in [0.29, 0.717) is 6.54 Å². The third-order valence-corrected chi connectivity index (χ3v) is 3.68. The first-order valence-corrected chi connectivity index (χ1v) is 7.62. The number of amides is 2. The fourth-order valence-corrected chi connectivity index (χ4v) is 2.53. The molecule has 2 amide bonds. The van der Waals surface area contributed by atoms with Crippen molar-refractivity contribution in [3.63, 3.8) is 0 Å². The van der Waals surface area contributed by atoms with Crippen LogP contribution in [-0.4, -0.2) is 37.1 Å². The van der Waals surface area contributed by atoms with Crippen molar-refractivity contribution in [1.29, 1.82) is 0 Å². The first kappa shape index (κ1) is 14.9. The summed E-state index contributed by atoms with van der Waals surface area (Å²) >= 11 is 0. The van der Waals surface area contributed by atoms with E-state index in [4.69, 9.17) is 0 Å². The average Bonchev–Trinajstić information content (AvgIpc) is 2.52. The minimum absolute atomic E-state index is 0.0764. The van der Waals surface area contributed by atoms with Gasteiger partial charge in [0.15, 0.2) is 0 Å². The van der Waals surface area contributed by atoms with E-state index in [2.05, 4.69) is 15.5 Å². The molecular formula is C16H25N3O. The molecule has 2 rings (SSSR count). The van der Waals surface area contributed by atoms with E-state index in [1.165, 1.54) is 32.4 Å². The van der Waals surface area contributed by atoms with Crippen molar-refractivity contribution >= 4 is 6.03 Å². The minimum atomic E-state index is -0.0764. The summed E-state index contributed by atoms with van der Waals surface area (Å²) in [4.78, 5) is 14.1. The number of piperidine rings is 1. The van der Waals surface area contributed by atoms with E-state index in [-0.39, 0.29) is 6.03 Å². The summed E-state index contributed by atoms with van der Waals surface area (Å²) in [7, 11) is 0. The molecule has 0 spiro atoms. The molecule has 20 heavy (non-hydrogen) atoms. The number of urea groups is 1. The van der Waals surface area contributed by atoms with Crippen LogP contribution in [0.4, 0.5) is 4.79 Å². The van der Waals surface area contributed by atoms with Crippen LogP contribution in [0.25, 0.3) is 0 Å². The zero-order valence-corrected chi connectivity index (χ0v) is 12.1. The Hall–Kier alpha value is -1.55. The molecule has 0 radical (unpaired) electrons. The van der Waals surface area contributed by atoms with Crippen LogP contribution in [0.3, 0.4) is 0 Å². The van der Waals surface area contributed by atoms with Gasteiger partial charge in [-0.05, 0) is 44.5 Å². The van der Waals surface area contributed by atoms with Crippen molar-refractivity contribution in [2.24, 2.45) is 0 Å². The highest BCUT2D eigenvalue weighted by molar-refractivity contribution is 5.73. The molecule has 110 valence electrons. The molecule has 1 heterocycles. The first-order valence-electron chi connectivity index (χ1n) is 7.62. The predicted molar refractivity (Wildman–Crippen MR) is 81.6 cm³/mol. The Morgan fingerprint density at radius 3 is 2.55 bits per heavy atom. The first-order chi connectivity index (χ1) is 9.84. The SMILES string of the molecule is O=C(NCCCN1CCCCC1)NCc1ccccc1. The fraction of sp³-hybridized carbons (Fsp3) is 0.562. The number of nitrogens with one attached hydrogen (secondary N) is 2. The average molecular weight is 275 g/mol. The number of carbonyl (C=O) groups is 1. The van der Waals surface area contributed by atoms with E-state index >= 15 is 0 Å². The highest BCUT2D eigenvalue weighted by atomic mass is 16.2. The molecule has 1 aromatic carbocycles. The van der Waals surface area contributed by atoms with Crippen LogP contribution < -0.4 is 10.6 Å². The van der Waals surface area contributed by atoms with Gasteiger partial charge in [-0.25, -0.2) is 4.79 Å². The lowest BCUT2D eigenvalue weighted by atomic mass is 10.1. The zero-order valence-electron chi connectivity index (χ0n) is 12.1. The van der Waals surface area contributed by atoms with Crippen LogP contribution in [0.15, 0.2) is 30.3 Å². The molecule has 1 saturated heterocycles. The molecule has 4 nitrogen and oxygen atoms in total. The topological polar surface area (TPSA) is 44.4 Å². The van der Waals surface area contributed by atoms with E-state index in [1.807, 2.05) is 30.3 Å². The Bertz CT molecular complexity index is 388. The summed E-state index contributed by atoms with van der Waals surface area (Å²) < 4.78 is 0. The van der Waals surface area contributed by atoms with E-state index < -0.39 is 0 Å². The van der Waals surface area contributed by atoms with Gasteiger partial charge in [0, 0.05) is 13.1 Å². The maximum Gasteiger partial charge on any atom is 0.315 e. The largest absolute Gasteiger partial charge is 0.338 e. The summed E-state index contributed by atoms with van der Waals surface area (Å²) in [6, 6.07) is 9.88. The van der Waals surface area contributed by atoms with Crippen molar-refractivity contribution in [3.8, 4) is 0 Å². The molecule has 0 aliphatic carbocycles. The van der Waals surface area contributed by atoms with Gasteiger partial charge in [-0.15, -0.1) is 0 Å². The number of likely N-dealkylation sites (tertiary alicyclic amines) is 1. The van der Waals surface area contributed by atoms with Crippen LogP contribution in [0.2, 0.25) is 0 Å². The molecule has 0 saturated carbocycles. The smallest absolute Gasteiger partial charge is 0.315 e. The molecule has 1 aliphatic rings. The number of benzene rings is 1. The Morgan fingerprint density at radius 1 is 1.05 bits per heavy atom. The van der Waals surface area contributed by atoms with Crippen LogP contribution in [-0.2, 0) is 6.54 Å². The van der Waals surface area contributed by atoms with Crippen LogP contribution in [0.5, 0.6) is 0 Å². The number of nitrogens with zero attached hydrogens (tertiary/aromatic N) is 1. The minimum Gasteiger partial charge on any atom is -0.338 e. The summed E-state index contributed by atoms with van der Waals surface area (Å²) in [6.45, 7) is 4.87. The second kappa shape index (κ2) is 8.59. The van der Waals surface area contributed by atoms with Crippen molar-refractivity contribution in [2.75, 3.05) is 26.2 Å². The van der Waals surface area contributed by atoms with Gasteiger partial charge >= 0.3 is 6.03 Å². The van der Waals surface area contributed by atoms with Gasteiger partial charge in [-0.3, -0.25) is 0 Å². The number of hydrogen-bond acceptors (Lipinski definition) is 2. The van der Waals surface area contributed by atoms with Gasteiger partial charge < -0.3 is 15.5 Å². The lowest BCUT2D eigenvalue weighted by Crippen LogP contribution is -2.37. The fourth-order valence-electron chi connectivity index (χ4n) is 2.53. The summed E-state index contributed by atoms with van der Waals surface area (Å²) in [5.74, 6) is 0. The molecule has 4 heteroatoms. The molecule has 0 bridgehead atoms. The second-order valence-electron chi connectivity index (χ2n) is 5.35. The Morgan fingerprint density at radius 2 is 1.80 bits per heavy atom. The standard InChI is InChI=1S/C16H25N3O/c20-16(18-14-15-8-3-1-4-9-15)17-10-7-13-19-11-5-2-6-12-19/h1,3-4,8-9H,2,5-7,10-14H2,(H2,17,18,20). The molecule has 1 aliphatic heterocycles. The monoisotopic (exact) mass is 275 g/mol. The zero-order chi connectivity index (χ0) is 14.0. The Labute approximate surface area is 121 Å². The van der Waals surface area contributed by atoms with Gasteiger partial charge in [-0.1, -0.05) is 36.8 Å². The van der Waals surface area contributed by atoms with Crippen molar-refractivity contribution < 1.29 is 4.79 Å². The van der Waals surface area contributed by atoms with Crippen molar-refractivity contribution in [1.82, 2.24) is 15.5 Å². The molecular weight excluding hydrogens is 250 g/mol. The second-order valence-corrected chi connectivity index (χ2v) is 5.35. The Kier molecular flexibility index (Phi) is 6.38. The van der Waals surface area contributed by atoms with E-state index in [0.717, 1.165) is 25.1 Å². The summed E-state index contributed by atoms with van der Waals surface area (Å²) in [6.07, 6.45) is 5.05. The number of hydrogen-bond donors (Lipinski definition) is 2. The number of rotatable bonds is 6. The van der Waals surface area contributed by atoms with Crippen molar-refractivity contribution in [3.05, 3.63) is 35.9 Å². The number of carbonyl (C=O) groups excluding carboxylic acids is 1. The predicted octanol–water partition coefficient (Wildman–Crippen LogP) is 2.36. The molecule has 1 aromatic rings. The molecule has 1 fully saturated rings. The van der Waals surface area contributed by atoms with Crippen LogP contribution in [0, 0.1) is 0 Å². The molecule has 0 atom stereocenters. The van der Waals surface area contributed by atoms with Gasteiger partial charge in [0.1, 0.15) is 0 Å². The van der Waals surface area contributed by atoms with Crippen LogP contribution >= 0.6 is 0 Å². The highest BCUT2D eigenvalue weighted by Crippen LogP contribution is 2.08. The van der Waals surface area contributed by atoms with E-state index in [1.54, 1.807) is 0 Å². The van der Waals surface area contributed by atoms with Gasteiger partial charge in [0.05, 0.1) is 0 Å². The summed E-state index contributed by atoms with van der Waals surface area (Å²) in [5, 5.41) is 5.79. The Balaban J connectivity index is 1.51. The molecule has 0 aromatic heterocycles. The molecule has 2 N–H and O–H groups in total. The van der Waals surface area contributed by atoms with Gasteiger partial charge in [0.2, 0.25) is 0 Å². The summed E-state index contributed by atoms with van der Waals surface area (Å²) in [5.41, 5.74) is 1.12. The highest BCUT2D eigenvalue weighted by Gasteiger charge is 2.09. The maximum absolute atomic E-state index is 11.6. The lowest BCUT2D eigenvalue weighted by molar-refractivity contribution is 0.222. The van der Waals surface area contributed by atoms with Crippen molar-refractivity contribution in [2.45, 2.75) is 32.2 Å². The lowest BCUT2D eigenvalue weighted by Gasteiger charge is -2.26. The third-order valence-electron chi connectivity index (χ3n) is 3.68. The van der Waals surface area contributed by atoms with Crippen LogP contribution in [0.1, 0.15) is 31.2 Å². The normalized spacial score (nSPS) is 15.8. The van der Waals surface area contributed by atoms with Gasteiger partial charge in [-0.2, -0.15) is 0 Å². The quantitative estimate of drug-likeness (QED) is 0.783. The third kappa shape index (κ3) is 5.61. The van der Waals surface area contributed by atoms with E-state index in [9.17, 15) is 4.79 Å². The van der Waals surface area contributed by atoms with Gasteiger partial charge in [0.25, 0.3) is 0 Å². The molecule has 0 unspecified atom stereocenters.